The molecule has 0 spiro atoms. The standard InChI is InChI=1S/C13H14N6O2/c1-3-11-10(8-18(2)17-11)7-16-13-12(19(20)21)9(6-14)4-5-15-13/h4-5,8H,3,7H2,1-2H3,(H,15,16). The van der Waals surface area contributed by atoms with Gasteiger partial charge in [0.2, 0.25) is 5.82 Å². The van der Waals surface area contributed by atoms with Gasteiger partial charge in [-0.05, 0) is 12.5 Å². The molecule has 0 bridgehead atoms. The molecular weight excluding hydrogens is 272 g/mol. The summed E-state index contributed by atoms with van der Waals surface area (Å²) in [5.74, 6) is 0.0879. The van der Waals surface area contributed by atoms with Crippen molar-refractivity contribution in [2.45, 2.75) is 19.9 Å². The lowest BCUT2D eigenvalue weighted by Gasteiger charge is -2.06. The lowest BCUT2D eigenvalue weighted by atomic mass is 10.2. The van der Waals surface area contributed by atoms with Gasteiger partial charge in [0.25, 0.3) is 0 Å². The van der Waals surface area contributed by atoms with E-state index in [1.807, 2.05) is 20.2 Å². The summed E-state index contributed by atoms with van der Waals surface area (Å²) in [6, 6.07) is 3.13. The fraction of sp³-hybridized carbons (Fsp3) is 0.308. The number of hydrogen-bond acceptors (Lipinski definition) is 6. The molecule has 0 radical (unpaired) electrons. The van der Waals surface area contributed by atoms with Crippen LogP contribution < -0.4 is 5.32 Å². The average Bonchev–Trinajstić information content (AvgIpc) is 2.84. The minimum absolute atomic E-state index is 0.0144. The highest BCUT2D eigenvalue weighted by Crippen LogP contribution is 2.26. The number of pyridine rings is 1. The van der Waals surface area contributed by atoms with E-state index in [9.17, 15) is 10.1 Å². The Balaban J connectivity index is 2.28. The highest BCUT2D eigenvalue weighted by molar-refractivity contribution is 5.64. The molecule has 0 saturated carbocycles. The molecule has 1 N–H and O–H groups in total. The Labute approximate surface area is 121 Å². The second kappa shape index (κ2) is 6.00. The molecule has 2 aromatic rings. The number of anilines is 1. The Morgan fingerprint density at radius 3 is 2.95 bits per heavy atom. The van der Waals surface area contributed by atoms with Gasteiger partial charge in [0.1, 0.15) is 11.6 Å². The first kappa shape index (κ1) is 14.5. The van der Waals surface area contributed by atoms with E-state index in [2.05, 4.69) is 15.4 Å². The molecule has 0 saturated heterocycles. The van der Waals surface area contributed by atoms with Crippen LogP contribution in [0.1, 0.15) is 23.7 Å². The van der Waals surface area contributed by atoms with Gasteiger partial charge in [0.05, 0.1) is 10.6 Å². The number of aromatic nitrogens is 3. The molecule has 0 unspecified atom stereocenters. The van der Waals surface area contributed by atoms with Crippen molar-refractivity contribution in [3.63, 3.8) is 0 Å². The van der Waals surface area contributed by atoms with Gasteiger partial charge in [-0.3, -0.25) is 14.8 Å². The maximum absolute atomic E-state index is 11.1. The van der Waals surface area contributed by atoms with E-state index in [4.69, 9.17) is 5.26 Å². The highest BCUT2D eigenvalue weighted by atomic mass is 16.6. The lowest BCUT2D eigenvalue weighted by molar-refractivity contribution is -0.384. The molecule has 0 fully saturated rings. The molecule has 0 atom stereocenters. The quantitative estimate of drug-likeness (QED) is 0.662. The van der Waals surface area contributed by atoms with E-state index in [1.54, 1.807) is 10.8 Å². The van der Waals surface area contributed by atoms with Crippen LogP contribution in [0.25, 0.3) is 0 Å². The summed E-state index contributed by atoms with van der Waals surface area (Å²) in [5.41, 5.74) is 1.55. The van der Waals surface area contributed by atoms with Crippen LogP contribution in [0, 0.1) is 21.4 Å². The Morgan fingerprint density at radius 1 is 1.57 bits per heavy atom. The first-order valence-corrected chi connectivity index (χ1v) is 6.35. The third-order valence-corrected chi connectivity index (χ3v) is 3.00. The lowest BCUT2D eigenvalue weighted by Crippen LogP contribution is -2.06. The van der Waals surface area contributed by atoms with Crippen LogP contribution in [0.3, 0.4) is 0 Å². The van der Waals surface area contributed by atoms with E-state index >= 15 is 0 Å². The molecule has 21 heavy (non-hydrogen) atoms. The van der Waals surface area contributed by atoms with Crippen LogP contribution >= 0.6 is 0 Å². The van der Waals surface area contributed by atoms with Crippen molar-refractivity contribution >= 4 is 11.5 Å². The fourth-order valence-electron chi connectivity index (χ4n) is 2.07. The van der Waals surface area contributed by atoms with E-state index in [-0.39, 0.29) is 17.1 Å². The summed E-state index contributed by atoms with van der Waals surface area (Å²) in [7, 11) is 1.82. The first-order valence-electron chi connectivity index (χ1n) is 6.35. The molecular formula is C13H14N6O2. The van der Waals surface area contributed by atoms with Gasteiger partial charge in [-0.15, -0.1) is 0 Å². The van der Waals surface area contributed by atoms with Crippen molar-refractivity contribution in [3.05, 3.63) is 45.4 Å². The van der Waals surface area contributed by atoms with Gasteiger partial charge in [-0.25, -0.2) is 4.98 Å². The first-order chi connectivity index (χ1) is 10.1. The average molecular weight is 286 g/mol. The molecule has 0 aliphatic carbocycles. The molecule has 2 heterocycles. The molecule has 0 aliphatic heterocycles. The number of nitriles is 1. The second-order valence-electron chi connectivity index (χ2n) is 4.41. The van der Waals surface area contributed by atoms with Gasteiger partial charge >= 0.3 is 5.69 Å². The van der Waals surface area contributed by atoms with E-state index in [0.717, 1.165) is 17.7 Å². The normalized spacial score (nSPS) is 10.1. The predicted octanol–water partition coefficient (Wildman–Crippen LogP) is 1.77. The van der Waals surface area contributed by atoms with Crippen LogP contribution in [0.4, 0.5) is 11.5 Å². The van der Waals surface area contributed by atoms with Gasteiger partial charge < -0.3 is 5.32 Å². The summed E-state index contributed by atoms with van der Waals surface area (Å²) < 4.78 is 1.70. The van der Waals surface area contributed by atoms with Crippen LogP contribution in [-0.4, -0.2) is 19.7 Å². The second-order valence-corrected chi connectivity index (χ2v) is 4.41. The summed E-state index contributed by atoms with van der Waals surface area (Å²) in [6.45, 7) is 2.35. The Hall–Kier alpha value is -2.95. The zero-order chi connectivity index (χ0) is 15.4. The fourth-order valence-corrected chi connectivity index (χ4v) is 2.07. The smallest absolute Gasteiger partial charge is 0.328 e. The topological polar surface area (TPSA) is 110 Å². The van der Waals surface area contributed by atoms with E-state index in [0.29, 0.717) is 6.54 Å². The van der Waals surface area contributed by atoms with Crippen LogP contribution in [-0.2, 0) is 20.0 Å². The number of hydrogen-bond donors (Lipinski definition) is 1. The number of nitrogens with one attached hydrogen (secondary N) is 1. The van der Waals surface area contributed by atoms with Crippen molar-refractivity contribution < 1.29 is 4.92 Å². The Morgan fingerprint density at radius 2 is 2.33 bits per heavy atom. The number of aryl methyl sites for hydroxylation is 2. The Bertz CT molecular complexity index is 716. The van der Waals surface area contributed by atoms with Crippen LogP contribution in [0.15, 0.2) is 18.5 Å². The highest BCUT2D eigenvalue weighted by Gasteiger charge is 2.21. The van der Waals surface area contributed by atoms with Crippen LogP contribution in [0.5, 0.6) is 0 Å². The minimum atomic E-state index is -0.599. The SMILES string of the molecule is CCc1nn(C)cc1CNc1nccc(C#N)c1[N+](=O)[O-]. The number of nitrogens with zero attached hydrogens (tertiary/aromatic N) is 5. The maximum atomic E-state index is 11.1. The summed E-state index contributed by atoms with van der Waals surface area (Å²) in [5, 5.41) is 27.3. The molecule has 0 aromatic carbocycles. The van der Waals surface area contributed by atoms with Crippen molar-refractivity contribution in [2.75, 3.05) is 5.32 Å². The third-order valence-electron chi connectivity index (χ3n) is 3.00. The minimum Gasteiger partial charge on any atom is -0.360 e. The molecule has 0 aliphatic rings. The summed E-state index contributed by atoms with van der Waals surface area (Å²) >= 11 is 0. The third kappa shape index (κ3) is 2.97. The van der Waals surface area contributed by atoms with Crippen LogP contribution in [0.2, 0.25) is 0 Å². The van der Waals surface area contributed by atoms with Gasteiger partial charge in [-0.1, -0.05) is 6.92 Å². The molecule has 2 rings (SSSR count). The molecule has 0 amide bonds. The summed E-state index contributed by atoms with van der Waals surface area (Å²) in [4.78, 5) is 14.5. The number of rotatable bonds is 5. The maximum Gasteiger partial charge on any atom is 0.328 e. The van der Waals surface area contributed by atoms with Crippen molar-refractivity contribution in [1.82, 2.24) is 14.8 Å². The zero-order valence-corrected chi connectivity index (χ0v) is 11.7. The van der Waals surface area contributed by atoms with Crippen molar-refractivity contribution in [3.8, 4) is 6.07 Å². The van der Waals surface area contributed by atoms with Crippen molar-refractivity contribution in [1.29, 1.82) is 5.26 Å². The Kier molecular flexibility index (Phi) is 4.13. The monoisotopic (exact) mass is 286 g/mol. The predicted molar refractivity (Wildman–Crippen MR) is 75.5 cm³/mol. The number of nitro groups is 1. The van der Waals surface area contributed by atoms with E-state index < -0.39 is 4.92 Å². The van der Waals surface area contributed by atoms with Gasteiger partial charge in [0, 0.05) is 31.5 Å². The molecule has 8 nitrogen and oxygen atoms in total. The molecule has 2 aromatic heterocycles. The van der Waals surface area contributed by atoms with E-state index in [1.165, 1.54) is 12.3 Å². The zero-order valence-electron chi connectivity index (χ0n) is 11.7. The molecule has 8 heteroatoms. The van der Waals surface area contributed by atoms with Gasteiger partial charge in [0.15, 0.2) is 0 Å². The molecule has 108 valence electrons. The largest absolute Gasteiger partial charge is 0.360 e. The summed E-state index contributed by atoms with van der Waals surface area (Å²) in [6.07, 6.45) is 4.00. The van der Waals surface area contributed by atoms with Crippen molar-refractivity contribution in [2.24, 2.45) is 7.05 Å². The van der Waals surface area contributed by atoms with Gasteiger partial charge in [-0.2, -0.15) is 10.4 Å².